The van der Waals surface area contributed by atoms with Crippen LogP contribution in [0.15, 0.2) is 47.5 Å². The number of hydrogen-bond acceptors (Lipinski definition) is 5. The van der Waals surface area contributed by atoms with Gasteiger partial charge in [-0.15, -0.1) is 0 Å². The van der Waals surface area contributed by atoms with Gasteiger partial charge in [0.15, 0.2) is 15.0 Å². The van der Waals surface area contributed by atoms with E-state index in [9.17, 15) is 13.2 Å². The van der Waals surface area contributed by atoms with Crippen molar-refractivity contribution in [3.8, 4) is 5.75 Å². The highest BCUT2D eigenvalue weighted by molar-refractivity contribution is 8.16. The van der Waals surface area contributed by atoms with Crippen molar-refractivity contribution in [3.05, 3.63) is 58.1 Å². The summed E-state index contributed by atoms with van der Waals surface area (Å²) < 4.78 is 29.5. The lowest BCUT2D eigenvalue weighted by Gasteiger charge is -2.26. The van der Waals surface area contributed by atoms with Crippen molar-refractivity contribution in [2.75, 3.05) is 23.5 Å². The summed E-state index contributed by atoms with van der Waals surface area (Å²) in [5.74, 6) is 0.376. The van der Waals surface area contributed by atoms with Crippen LogP contribution < -0.4 is 9.64 Å². The molecular weight excluding hydrogens is 467 g/mol. The van der Waals surface area contributed by atoms with E-state index in [4.69, 9.17) is 27.9 Å². The molecule has 2 atom stereocenters. The molecule has 6 nitrogen and oxygen atoms in total. The van der Waals surface area contributed by atoms with Crippen LogP contribution in [0.2, 0.25) is 10.0 Å². The van der Waals surface area contributed by atoms with Crippen molar-refractivity contribution >= 4 is 61.6 Å². The maximum Gasteiger partial charge on any atom is 0.252 e. The van der Waals surface area contributed by atoms with Crippen LogP contribution in [-0.2, 0) is 21.1 Å². The van der Waals surface area contributed by atoms with E-state index in [0.717, 1.165) is 5.56 Å². The molecule has 0 bridgehead atoms. The molecule has 2 heterocycles. The maximum absolute atomic E-state index is 12.7. The standard InChI is InChI=1S/C20H18Cl2N2O4S2/c1-28-13-7-5-12(6-8-13)9-18(25)23-20-24(19-14(21)3-2-4-15(19)22)16-10-30(26,27)11-17(16)29-20/h2-8,16-17H,9-11H2,1H3/t16-,17+/m0/s1. The Morgan fingerprint density at radius 1 is 1.17 bits per heavy atom. The van der Waals surface area contributed by atoms with Gasteiger partial charge in [0.2, 0.25) is 0 Å². The van der Waals surface area contributed by atoms with Crippen molar-refractivity contribution in [2.45, 2.75) is 17.7 Å². The van der Waals surface area contributed by atoms with Crippen molar-refractivity contribution in [1.82, 2.24) is 0 Å². The smallest absolute Gasteiger partial charge is 0.252 e. The Kier molecular flexibility index (Phi) is 6.03. The van der Waals surface area contributed by atoms with Gasteiger partial charge in [0, 0.05) is 5.25 Å². The topological polar surface area (TPSA) is 76.0 Å². The normalized spacial score (nSPS) is 23.6. The Hall–Kier alpha value is -1.74. The molecule has 30 heavy (non-hydrogen) atoms. The van der Waals surface area contributed by atoms with E-state index in [0.29, 0.717) is 26.6 Å². The average Bonchev–Trinajstić information content (AvgIpc) is 3.14. The minimum atomic E-state index is -3.18. The van der Waals surface area contributed by atoms with Gasteiger partial charge in [-0.1, -0.05) is 53.2 Å². The van der Waals surface area contributed by atoms with Crippen LogP contribution in [0, 0.1) is 0 Å². The molecule has 0 unspecified atom stereocenters. The van der Waals surface area contributed by atoms with Gasteiger partial charge >= 0.3 is 0 Å². The lowest BCUT2D eigenvalue weighted by molar-refractivity contribution is -0.117. The fourth-order valence-electron chi connectivity index (χ4n) is 3.61. The summed E-state index contributed by atoms with van der Waals surface area (Å²) in [7, 11) is -1.60. The zero-order chi connectivity index (χ0) is 21.5. The highest BCUT2D eigenvalue weighted by atomic mass is 35.5. The zero-order valence-electron chi connectivity index (χ0n) is 15.9. The molecule has 0 aliphatic carbocycles. The summed E-state index contributed by atoms with van der Waals surface area (Å²) in [5, 5.41) is 0.954. The number of methoxy groups -OCH3 is 1. The van der Waals surface area contributed by atoms with E-state index in [1.807, 2.05) is 12.1 Å². The van der Waals surface area contributed by atoms with Crippen molar-refractivity contribution in [2.24, 2.45) is 4.99 Å². The highest BCUT2D eigenvalue weighted by Gasteiger charge is 2.50. The Balaban J connectivity index is 1.66. The third-order valence-corrected chi connectivity index (χ3v) is 8.80. The minimum Gasteiger partial charge on any atom is -0.497 e. The number of rotatable bonds is 4. The van der Waals surface area contributed by atoms with Crippen LogP contribution in [0.1, 0.15) is 5.56 Å². The Morgan fingerprint density at radius 3 is 2.47 bits per heavy atom. The molecule has 4 rings (SSSR count). The largest absolute Gasteiger partial charge is 0.497 e. The number of carbonyl (C=O) groups is 1. The van der Waals surface area contributed by atoms with Crippen LogP contribution in [0.3, 0.4) is 0 Å². The van der Waals surface area contributed by atoms with E-state index < -0.39 is 9.84 Å². The second kappa shape index (κ2) is 8.42. The van der Waals surface area contributed by atoms with Gasteiger partial charge in [-0.2, -0.15) is 4.99 Å². The first kappa shape index (κ1) is 21.5. The number of nitrogens with zero attached hydrogens (tertiary/aromatic N) is 2. The SMILES string of the molecule is COc1ccc(CC(=O)N=C2S[C@@H]3CS(=O)(=O)C[C@@H]3N2c2c(Cl)cccc2Cl)cc1. The van der Waals surface area contributed by atoms with Crippen LogP contribution in [0.5, 0.6) is 5.75 Å². The summed E-state index contributed by atoms with van der Waals surface area (Å²) in [6.45, 7) is 0. The van der Waals surface area contributed by atoms with Crippen molar-refractivity contribution < 1.29 is 17.9 Å². The second-order valence-corrected chi connectivity index (χ2v) is 11.2. The number of carbonyl (C=O) groups excluding carboxylic acids is 1. The fraction of sp³-hybridized carbons (Fsp3) is 0.300. The van der Waals surface area contributed by atoms with Gasteiger partial charge in [0.25, 0.3) is 5.91 Å². The zero-order valence-corrected chi connectivity index (χ0v) is 19.1. The monoisotopic (exact) mass is 484 g/mol. The lowest BCUT2D eigenvalue weighted by atomic mass is 10.1. The third kappa shape index (κ3) is 4.32. The predicted octanol–water partition coefficient (Wildman–Crippen LogP) is 3.85. The van der Waals surface area contributed by atoms with Gasteiger partial charge in [-0.05, 0) is 29.8 Å². The van der Waals surface area contributed by atoms with Gasteiger partial charge in [0.1, 0.15) is 5.75 Å². The summed E-state index contributed by atoms with van der Waals surface area (Å²) in [6, 6.07) is 11.9. The number of sulfone groups is 1. The van der Waals surface area contributed by atoms with E-state index >= 15 is 0 Å². The van der Waals surface area contributed by atoms with E-state index in [1.54, 1.807) is 42.3 Å². The first-order valence-electron chi connectivity index (χ1n) is 9.12. The number of aliphatic imine (C=N–C) groups is 1. The number of amides is 1. The Bertz CT molecular complexity index is 1100. The molecule has 2 saturated heterocycles. The maximum atomic E-state index is 12.7. The molecule has 158 valence electrons. The molecule has 2 aromatic carbocycles. The first-order chi connectivity index (χ1) is 14.3. The van der Waals surface area contributed by atoms with E-state index in [-0.39, 0.29) is 35.1 Å². The Morgan fingerprint density at radius 2 is 1.83 bits per heavy atom. The minimum absolute atomic E-state index is 0.0299. The van der Waals surface area contributed by atoms with Gasteiger partial charge in [0.05, 0.1) is 46.8 Å². The van der Waals surface area contributed by atoms with Gasteiger partial charge in [-0.3, -0.25) is 4.79 Å². The molecule has 1 amide bonds. The number of thioether (sulfide) groups is 1. The van der Waals surface area contributed by atoms with Crippen LogP contribution in [0.4, 0.5) is 5.69 Å². The second-order valence-electron chi connectivity index (χ2n) is 7.05. The lowest BCUT2D eigenvalue weighted by Crippen LogP contribution is -2.38. The summed E-state index contributed by atoms with van der Waals surface area (Å²) in [4.78, 5) is 18.7. The quantitative estimate of drug-likeness (QED) is 0.655. The number of para-hydroxylation sites is 1. The van der Waals surface area contributed by atoms with Crippen LogP contribution in [0.25, 0.3) is 0 Å². The number of benzene rings is 2. The molecular formula is C20H18Cl2N2O4S2. The van der Waals surface area contributed by atoms with Gasteiger partial charge in [-0.25, -0.2) is 8.42 Å². The fourth-order valence-corrected chi connectivity index (χ4v) is 8.11. The summed E-state index contributed by atoms with van der Waals surface area (Å²) in [5.41, 5.74) is 1.28. The summed E-state index contributed by atoms with van der Waals surface area (Å²) in [6.07, 6.45) is 0.117. The van der Waals surface area contributed by atoms with Crippen molar-refractivity contribution in [3.63, 3.8) is 0 Å². The highest BCUT2D eigenvalue weighted by Crippen LogP contribution is 2.45. The molecule has 0 radical (unpaired) electrons. The molecule has 0 spiro atoms. The van der Waals surface area contributed by atoms with Gasteiger partial charge < -0.3 is 9.64 Å². The number of anilines is 1. The molecule has 2 aliphatic rings. The molecule has 2 aromatic rings. The predicted molar refractivity (Wildman–Crippen MR) is 122 cm³/mol. The van der Waals surface area contributed by atoms with Crippen LogP contribution in [-0.4, -0.2) is 49.4 Å². The number of hydrogen-bond donors (Lipinski definition) is 0. The molecule has 2 aliphatic heterocycles. The van der Waals surface area contributed by atoms with E-state index in [1.165, 1.54) is 11.8 Å². The number of fused-ring (bicyclic) bond motifs is 1. The van der Waals surface area contributed by atoms with Crippen molar-refractivity contribution in [1.29, 1.82) is 0 Å². The molecule has 0 aromatic heterocycles. The number of halogens is 2. The summed E-state index contributed by atoms with van der Waals surface area (Å²) >= 11 is 14.1. The molecule has 10 heteroatoms. The molecule has 2 fully saturated rings. The third-order valence-electron chi connectivity index (χ3n) is 4.98. The molecule has 0 N–H and O–H groups in total. The average molecular weight is 485 g/mol. The molecule has 0 saturated carbocycles. The first-order valence-corrected chi connectivity index (χ1v) is 12.6. The number of ether oxygens (including phenoxy) is 1. The Labute approximate surface area is 189 Å². The number of amidine groups is 1. The van der Waals surface area contributed by atoms with E-state index in [2.05, 4.69) is 4.99 Å². The van der Waals surface area contributed by atoms with Crippen LogP contribution >= 0.6 is 35.0 Å².